The number of nitrogens with zero attached hydrogens (tertiary/aromatic N) is 1. The van der Waals surface area contributed by atoms with Crippen LogP contribution in [-0.2, 0) is 6.54 Å². The average Bonchev–Trinajstić information content (AvgIpc) is 2.79. The number of carbonyl (C=O) groups excluding carboxylic acids is 1. The molecule has 0 aliphatic carbocycles. The van der Waals surface area contributed by atoms with Gasteiger partial charge in [0.2, 0.25) is 0 Å². The van der Waals surface area contributed by atoms with Crippen molar-refractivity contribution < 1.29 is 9.53 Å². The molecule has 5 nitrogen and oxygen atoms in total. The highest BCUT2D eigenvalue weighted by atomic mass is 16.5. The molecule has 0 unspecified atom stereocenters. The zero-order valence-corrected chi connectivity index (χ0v) is 18.7. The molecule has 1 aromatic heterocycles. The molecule has 0 aliphatic rings. The van der Waals surface area contributed by atoms with E-state index in [1.807, 2.05) is 63.2 Å². The van der Waals surface area contributed by atoms with E-state index in [1.165, 1.54) is 0 Å². The van der Waals surface area contributed by atoms with Crippen molar-refractivity contribution in [3.8, 4) is 5.75 Å². The summed E-state index contributed by atoms with van der Waals surface area (Å²) >= 11 is 0. The highest BCUT2D eigenvalue weighted by Crippen LogP contribution is 2.27. The van der Waals surface area contributed by atoms with Crippen molar-refractivity contribution in [2.75, 3.05) is 12.0 Å². The minimum absolute atomic E-state index is 0.152. The quantitative estimate of drug-likeness (QED) is 0.470. The third-order valence-corrected chi connectivity index (χ3v) is 5.71. The highest BCUT2D eigenvalue weighted by Gasteiger charge is 2.22. The molecule has 0 atom stereocenters. The fraction of sp³-hybridized carbons (Fsp3) is 0.185. The van der Waals surface area contributed by atoms with Crippen LogP contribution in [0.4, 0.5) is 5.69 Å². The lowest BCUT2D eigenvalue weighted by Gasteiger charge is -2.25. The number of aryl methyl sites for hydroxylation is 3. The van der Waals surface area contributed by atoms with E-state index in [2.05, 4.69) is 4.98 Å². The van der Waals surface area contributed by atoms with Gasteiger partial charge in [-0.15, -0.1) is 0 Å². The molecule has 1 N–H and O–H groups in total. The Hall–Kier alpha value is -3.86. The lowest BCUT2D eigenvalue weighted by Crippen LogP contribution is -2.33. The lowest BCUT2D eigenvalue weighted by molar-refractivity contribution is 0.0984. The van der Waals surface area contributed by atoms with Gasteiger partial charge in [-0.3, -0.25) is 9.59 Å². The summed E-state index contributed by atoms with van der Waals surface area (Å²) in [6.45, 7) is 6.07. The number of para-hydroxylation sites is 1. The van der Waals surface area contributed by atoms with Gasteiger partial charge in [-0.1, -0.05) is 36.4 Å². The fourth-order valence-electron chi connectivity index (χ4n) is 3.90. The molecular formula is C27H26N2O3. The average molecular weight is 427 g/mol. The number of H-pyrrole nitrogens is 1. The minimum atomic E-state index is -0.194. The van der Waals surface area contributed by atoms with Gasteiger partial charge in [0.1, 0.15) is 5.75 Å². The summed E-state index contributed by atoms with van der Waals surface area (Å²) in [4.78, 5) is 31.3. The molecule has 0 aliphatic heterocycles. The standard InChI is InChI=1S/C27H26N2O3/c1-17-11-12-18(2)24(13-17)29(27(31)21-9-6-10-23(15-21)32-4)16-22-14-20-8-5-7-19(3)25(20)28-26(22)30/h5-15H,16H2,1-4H3,(H,28,30). The van der Waals surface area contributed by atoms with E-state index in [1.54, 1.807) is 36.3 Å². The van der Waals surface area contributed by atoms with Gasteiger partial charge in [0.15, 0.2) is 0 Å². The summed E-state index contributed by atoms with van der Waals surface area (Å²) in [6.07, 6.45) is 0. The lowest BCUT2D eigenvalue weighted by atomic mass is 10.1. The van der Waals surface area contributed by atoms with Crippen molar-refractivity contribution in [2.24, 2.45) is 0 Å². The Bertz CT molecular complexity index is 1370. The second-order valence-electron chi connectivity index (χ2n) is 8.08. The van der Waals surface area contributed by atoms with Crippen LogP contribution in [0.2, 0.25) is 0 Å². The molecule has 0 saturated heterocycles. The summed E-state index contributed by atoms with van der Waals surface area (Å²) in [6, 6.07) is 20.8. The SMILES string of the molecule is COc1cccc(C(=O)N(Cc2cc3cccc(C)c3[nH]c2=O)c2cc(C)ccc2C)c1. The number of carbonyl (C=O) groups is 1. The van der Waals surface area contributed by atoms with Gasteiger partial charge in [0.25, 0.3) is 11.5 Å². The Morgan fingerprint density at radius 1 is 0.938 bits per heavy atom. The molecule has 5 heteroatoms. The Labute approximate surface area is 187 Å². The van der Waals surface area contributed by atoms with Gasteiger partial charge in [-0.25, -0.2) is 0 Å². The maximum absolute atomic E-state index is 13.7. The Kier molecular flexibility index (Phi) is 5.82. The van der Waals surface area contributed by atoms with Gasteiger partial charge in [0.05, 0.1) is 19.2 Å². The van der Waals surface area contributed by atoms with Gasteiger partial charge in [-0.05, 0) is 73.2 Å². The summed E-state index contributed by atoms with van der Waals surface area (Å²) in [7, 11) is 1.57. The van der Waals surface area contributed by atoms with Gasteiger partial charge in [0, 0.05) is 16.8 Å². The van der Waals surface area contributed by atoms with Crippen LogP contribution in [0.15, 0.2) is 71.5 Å². The minimum Gasteiger partial charge on any atom is -0.497 e. The molecular weight excluding hydrogens is 400 g/mol. The zero-order chi connectivity index (χ0) is 22.8. The molecule has 0 saturated carbocycles. The van der Waals surface area contributed by atoms with E-state index in [9.17, 15) is 9.59 Å². The van der Waals surface area contributed by atoms with Crippen LogP contribution in [0.25, 0.3) is 10.9 Å². The second kappa shape index (κ2) is 8.71. The first-order chi connectivity index (χ1) is 15.4. The normalized spacial score (nSPS) is 10.9. The number of aromatic nitrogens is 1. The van der Waals surface area contributed by atoms with Crippen molar-refractivity contribution in [3.05, 3.63) is 105 Å². The van der Waals surface area contributed by atoms with E-state index in [4.69, 9.17) is 4.74 Å². The van der Waals surface area contributed by atoms with Crippen LogP contribution in [-0.4, -0.2) is 18.0 Å². The Morgan fingerprint density at radius 2 is 1.72 bits per heavy atom. The number of hydrogen-bond acceptors (Lipinski definition) is 3. The first-order valence-corrected chi connectivity index (χ1v) is 10.5. The maximum Gasteiger partial charge on any atom is 0.258 e. The van der Waals surface area contributed by atoms with E-state index in [-0.39, 0.29) is 18.0 Å². The van der Waals surface area contributed by atoms with E-state index < -0.39 is 0 Å². The number of methoxy groups -OCH3 is 1. The van der Waals surface area contributed by atoms with Crippen LogP contribution < -0.4 is 15.2 Å². The fourth-order valence-corrected chi connectivity index (χ4v) is 3.90. The number of rotatable bonds is 5. The van der Waals surface area contributed by atoms with Crippen molar-refractivity contribution in [2.45, 2.75) is 27.3 Å². The predicted octanol–water partition coefficient (Wildman–Crippen LogP) is 5.31. The number of pyridine rings is 1. The number of aromatic amines is 1. The number of nitrogens with one attached hydrogen (secondary N) is 1. The molecule has 0 radical (unpaired) electrons. The number of anilines is 1. The van der Waals surface area contributed by atoms with E-state index >= 15 is 0 Å². The summed E-state index contributed by atoms with van der Waals surface area (Å²) in [5, 5.41) is 0.939. The number of fused-ring (bicyclic) bond motifs is 1. The second-order valence-corrected chi connectivity index (χ2v) is 8.08. The first-order valence-electron chi connectivity index (χ1n) is 10.5. The Morgan fingerprint density at radius 3 is 2.50 bits per heavy atom. The number of ether oxygens (including phenoxy) is 1. The third kappa shape index (κ3) is 4.14. The third-order valence-electron chi connectivity index (χ3n) is 5.71. The number of amides is 1. The molecule has 0 bridgehead atoms. The summed E-state index contributed by atoms with van der Waals surface area (Å²) in [5.41, 5.74) is 5.43. The zero-order valence-electron chi connectivity index (χ0n) is 18.7. The number of benzene rings is 3. The topological polar surface area (TPSA) is 62.4 Å². The number of hydrogen-bond donors (Lipinski definition) is 1. The van der Waals surface area contributed by atoms with Crippen molar-refractivity contribution in [1.82, 2.24) is 4.98 Å². The molecule has 162 valence electrons. The van der Waals surface area contributed by atoms with Crippen molar-refractivity contribution >= 4 is 22.5 Å². The summed E-state index contributed by atoms with van der Waals surface area (Å²) < 4.78 is 5.30. The Balaban J connectivity index is 1.84. The van der Waals surface area contributed by atoms with Crippen molar-refractivity contribution in [3.63, 3.8) is 0 Å². The molecule has 4 rings (SSSR count). The molecule has 4 aromatic rings. The first kappa shape index (κ1) is 21.4. The largest absolute Gasteiger partial charge is 0.497 e. The molecule has 1 amide bonds. The van der Waals surface area contributed by atoms with Crippen LogP contribution in [0.1, 0.15) is 32.6 Å². The molecule has 3 aromatic carbocycles. The smallest absolute Gasteiger partial charge is 0.258 e. The predicted molar refractivity (Wildman–Crippen MR) is 129 cm³/mol. The van der Waals surface area contributed by atoms with Gasteiger partial charge in [-0.2, -0.15) is 0 Å². The molecule has 0 fully saturated rings. The molecule has 1 heterocycles. The van der Waals surface area contributed by atoms with Crippen LogP contribution in [0, 0.1) is 20.8 Å². The molecule has 32 heavy (non-hydrogen) atoms. The van der Waals surface area contributed by atoms with Crippen LogP contribution in [0.5, 0.6) is 5.75 Å². The van der Waals surface area contributed by atoms with E-state index in [0.29, 0.717) is 16.9 Å². The van der Waals surface area contributed by atoms with E-state index in [0.717, 1.165) is 33.3 Å². The van der Waals surface area contributed by atoms with Gasteiger partial charge < -0.3 is 14.6 Å². The maximum atomic E-state index is 13.7. The van der Waals surface area contributed by atoms with Gasteiger partial charge >= 0.3 is 0 Å². The van der Waals surface area contributed by atoms with Crippen molar-refractivity contribution in [1.29, 1.82) is 0 Å². The highest BCUT2D eigenvalue weighted by molar-refractivity contribution is 6.06. The van der Waals surface area contributed by atoms with Crippen LogP contribution >= 0.6 is 0 Å². The summed E-state index contributed by atoms with van der Waals surface area (Å²) in [5.74, 6) is 0.414. The van der Waals surface area contributed by atoms with Crippen LogP contribution in [0.3, 0.4) is 0 Å². The molecule has 0 spiro atoms. The monoisotopic (exact) mass is 426 g/mol.